The predicted molar refractivity (Wildman–Crippen MR) is 73.7 cm³/mol. The van der Waals surface area contributed by atoms with Crippen molar-refractivity contribution in [3.05, 3.63) is 26.6 Å². The Morgan fingerprint density at radius 2 is 2.21 bits per heavy atom. The summed E-state index contributed by atoms with van der Waals surface area (Å²) in [6.07, 6.45) is 0. The first-order valence-corrected chi connectivity index (χ1v) is 6.67. The summed E-state index contributed by atoms with van der Waals surface area (Å²) in [5.74, 6) is -0.488. The maximum atomic E-state index is 12.0. The van der Waals surface area contributed by atoms with Crippen molar-refractivity contribution in [3.63, 3.8) is 0 Å². The van der Waals surface area contributed by atoms with Gasteiger partial charge < -0.3 is 10.1 Å². The van der Waals surface area contributed by atoms with Crippen LogP contribution in [-0.2, 0) is 11.3 Å². The van der Waals surface area contributed by atoms with E-state index in [1.807, 2.05) is 13.8 Å². The van der Waals surface area contributed by atoms with Gasteiger partial charge in [0.1, 0.15) is 16.7 Å². The van der Waals surface area contributed by atoms with E-state index in [1.165, 1.54) is 11.3 Å². The molecular formula is C12H15N3O3S. The first-order chi connectivity index (χ1) is 8.90. The lowest BCUT2D eigenvalue weighted by Crippen LogP contribution is -2.34. The number of carbonyl (C=O) groups is 1. The van der Waals surface area contributed by atoms with Gasteiger partial charge in [0.15, 0.2) is 0 Å². The van der Waals surface area contributed by atoms with Crippen molar-refractivity contribution < 1.29 is 9.90 Å². The fourth-order valence-corrected chi connectivity index (χ4v) is 2.77. The molecule has 0 radical (unpaired) electrons. The maximum absolute atomic E-state index is 12.0. The molecule has 0 saturated carbocycles. The Morgan fingerprint density at radius 3 is 2.84 bits per heavy atom. The molecule has 6 nitrogen and oxygen atoms in total. The molecule has 0 amide bonds. The second-order valence-electron chi connectivity index (χ2n) is 4.42. The predicted octanol–water partition coefficient (Wildman–Crippen LogP) is 1.16. The van der Waals surface area contributed by atoms with Crippen molar-refractivity contribution >= 4 is 27.5 Å². The largest absolute Gasteiger partial charge is 0.480 e. The van der Waals surface area contributed by atoms with Gasteiger partial charge in [-0.05, 0) is 26.3 Å². The standard InChI is InChI=1S/C12H15N3O3S/c1-5-7(3)19-11-9(5)10(16)14-8(15-11)4-13-6(2)12(17)18/h6,13H,4H2,1-3H3,(H,17,18)(H,14,15,16)/t6-/m1/s1. The molecule has 3 N–H and O–H groups in total. The van der Waals surface area contributed by atoms with Crippen LogP contribution < -0.4 is 10.9 Å². The van der Waals surface area contributed by atoms with Crippen molar-refractivity contribution in [3.8, 4) is 0 Å². The van der Waals surface area contributed by atoms with Gasteiger partial charge in [0.05, 0.1) is 11.9 Å². The number of nitrogens with one attached hydrogen (secondary N) is 2. The average Bonchev–Trinajstić information content (AvgIpc) is 2.62. The Hall–Kier alpha value is -1.73. The lowest BCUT2D eigenvalue weighted by Gasteiger charge is -2.08. The quantitative estimate of drug-likeness (QED) is 0.781. The molecule has 0 aromatic carbocycles. The molecule has 19 heavy (non-hydrogen) atoms. The van der Waals surface area contributed by atoms with Crippen LogP contribution in [0.5, 0.6) is 0 Å². The molecule has 102 valence electrons. The number of aromatic nitrogens is 2. The Balaban J connectivity index is 2.31. The second-order valence-corrected chi connectivity index (χ2v) is 5.62. The van der Waals surface area contributed by atoms with E-state index < -0.39 is 12.0 Å². The highest BCUT2D eigenvalue weighted by Gasteiger charge is 2.13. The average molecular weight is 281 g/mol. The highest BCUT2D eigenvalue weighted by molar-refractivity contribution is 7.18. The van der Waals surface area contributed by atoms with Crippen LogP contribution in [0.15, 0.2) is 4.79 Å². The number of H-pyrrole nitrogens is 1. The van der Waals surface area contributed by atoms with Crippen LogP contribution in [0.2, 0.25) is 0 Å². The summed E-state index contributed by atoms with van der Waals surface area (Å²) in [5, 5.41) is 12.2. The number of hydrogen-bond donors (Lipinski definition) is 3. The van der Waals surface area contributed by atoms with Gasteiger partial charge in [0.2, 0.25) is 0 Å². The third kappa shape index (κ3) is 2.66. The van der Waals surface area contributed by atoms with Crippen LogP contribution in [0.4, 0.5) is 0 Å². The monoisotopic (exact) mass is 281 g/mol. The van der Waals surface area contributed by atoms with Gasteiger partial charge in [0, 0.05) is 4.88 Å². The minimum atomic E-state index is -0.939. The zero-order valence-electron chi connectivity index (χ0n) is 10.9. The number of carboxylic acids is 1. The summed E-state index contributed by atoms with van der Waals surface area (Å²) in [7, 11) is 0. The summed E-state index contributed by atoms with van der Waals surface area (Å²) < 4.78 is 0. The normalized spacial score (nSPS) is 12.8. The molecule has 2 aromatic heterocycles. The number of nitrogens with zero attached hydrogens (tertiary/aromatic N) is 1. The van der Waals surface area contributed by atoms with Gasteiger partial charge in [0.25, 0.3) is 5.56 Å². The van der Waals surface area contributed by atoms with Crippen LogP contribution in [0.25, 0.3) is 10.2 Å². The summed E-state index contributed by atoms with van der Waals surface area (Å²) >= 11 is 1.47. The third-order valence-electron chi connectivity index (χ3n) is 3.03. The van der Waals surface area contributed by atoms with E-state index in [2.05, 4.69) is 15.3 Å². The highest BCUT2D eigenvalue weighted by Crippen LogP contribution is 2.25. The molecule has 2 rings (SSSR count). The van der Waals surface area contributed by atoms with Gasteiger partial charge in [-0.1, -0.05) is 0 Å². The molecule has 0 aliphatic rings. The van der Waals surface area contributed by atoms with E-state index in [4.69, 9.17) is 5.11 Å². The van der Waals surface area contributed by atoms with Gasteiger partial charge in [-0.2, -0.15) is 0 Å². The molecule has 0 fully saturated rings. The SMILES string of the molecule is Cc1sc2nc(CN[C@H](C)C(=O)O)[nH]c(=O)c2c1C. The molecule has 0 unspecified atom stereocenters. The molecular weight excluding hydrogens is 266 g/mol. The Bertz CT molecular complexity index is 689. The number of fused-ring (bicyclic) bond motifs is 1. The number of aryl methyl sites for hydroxylation is 2. The van der Waals surface area contributed by atoms with E-state index in [0.717, 1.165) is 10.4 Å². The van der Waals surface area contributed by atoms with Crippen LogP contribution in [0, 0.1) is 13.8 Å². The van der Waals surface area contributed by atoms with Crippen molar-refractivity contribution in [2.75, 3.05) is 0 Å². The minimum absolute atomic E-state index is 0.174. The van der Waals surface area contributed by atoms with Gasteiger partial charge in [-0.3, -0.25) is 14.9 Å². The van der Waals surface area contributed by atoms with E-state index in [0.29, 0.717) is 16.0 Å². The fraction of sp³-hybridized carbons (Fsp3) is 0.417. The molecule has 2 heterocycles. The van der Waals surface area contributed by atoms with Gasteiger partial charge in [-0.15, -0.1) is 11.3 Å². The van der Waals surface area contributed by atoms with Crippen LogP contribution in [0.3, 0.4) is 0 Å². The number of carboxylic acid groups (broad SMARTS) is 1. The lowest BCUT2D eigenvalue weighted by atomic mass is 10.2. The zero-order chi connectivity index (χ0) is 14.2. The molecule has 1 atom stereocenters. The minimum Gasteiger partial charge on any atom is -0.480 e. The van der Waals surface area contributed by atoms with E-state index in [-0.39, 0.29) is 12.1 Å². The lowest BCUT2D eigenvalue weighted by molar-refractivity contribution is -0.139. The molecule has 0 aliphatic carbocycles. The summed E-state index contributed by atoms with van der Waals surface area (Å²) in [4.78, 5) is 31.5. The summed E-state index contributed by atoms with van der Waals surface area (Å²) in [6.45, 7) is 5.61. The first-order valence-electron chi connectivity index (χ1n) is 5.85. The number of thiophene rings is 1. The van der Waals surface area contributed by atoms with Crippen molar-refractivity contribution in [1.82, 2.24) is 15.3 Å². The van der Waals surface area contributed by atoms with Gasteiger partial charge in [-0.25, -0.2) is 4.98 Å². The summed E-state index contributed by atoms with van der Waals surface area (Å²) in [6, 6.07) is -0.687. The molecule has 0 spiro atoms. The Labute approximate surface area is 113 Å². The van der Waals surface area contributed by atoms with Crippen LogP contribution in [-0.4, -0.2) is 27.1 Å². The fourth-order valence-electron chi connectivity index (χ4n) is 1.72. The molecule has 0 bridgehead atoms. The Morgan fingerprint density at radius 1 is 1.53 bits per heavy atom. The Kier molecular flexibility index (Phi) is 3.68. The van der Waals surface area contributed by atoms with Crippen LogP contribution >= 0.6 is 11.3 Å². The van der Waals surface area contributed by atoms with Gasteiger partial charge >= 0.3 is 5.97 Å². The number of hydrogen-bond acceptors (Lipinski definition) is 5. The van der Waals surface area contributed by atoms with Crippen molar-refractivity contribution in [2.24, 2.45) is 0 Å². The first kappa shape index (κ1) is 13.7. The number of rotatable bonds is 4. The molecule has 0 saturated heterocycles. The maximum Gasteiger partial charge on any atom is 0.320 e. The number of aromatic amines is 1. The summed E-state index contributed by atoms with van der Waals surface area (Å²) in [5.41, 5.74) is 0.777. The second kappa shape index (κ2) is 5.10. The van der Waals surface area contributed by atoms with E-state index in [1.54, 1.807) is 6.92 Å². The van der Waals surface area contributed by atoms with Crippen molar-refractivity contribution in [1.29, 1.82) is 0 Å². The van der Waals surface area contributed by atoms with Crippen LogP contribution in [0.1, 0.15) is 23.2 Å². The molecule has 2 aromatic rings. The highest BCUT2D eigenvalue weighted by atomic mass is 32.1. The topological polar surface area (TPSA) is 95.1 Å². The number of aliphatic carboxylic acids is 1. The smallest absolute Gasteiger partial charge is 0.320 e. The van der Waals surface area contributed by atoms with Crippen molar-refractivity contribution in [2.45, 2.75) is 33.4 Å². The molecule has 0 aliphatic heterocycles. The van der Waals surface area contributed by atoms with E-state index in [9.17, 15) is 9.59 Å². The van der Waals surface area contributed by atoms with E-state index >= 15 is 0 Å². The third-order valence-corrected chi connectivity index (χ3v) is 4.14. The molecule has 7 heteroatoms. The zero-order valence-corrected chi connectivity index (χ0v) is 11.7.